The summed E-state index contributed by atoms with van der Waals surface area (Å²) in [6, 6.07) is 7.00. The number of amides is 3. The second kappa shape index (κ2) is 5.90. The lowest BCUT2D eigenvalue weighted by Crippen LogP contribution is -2.34. The summed E-state index contributed by atoms with van der Waals surface area (Å²) < 4.78 is 10.3. The fourth-order valence-electron chi connectivity index (χ4n) is 1.86. The van der Waals surface area contributed by atoms with Crippen molar-refractivity contribution in [2.24, 2.45) is 0 Å². The third kappa shape index (κ3) is 3.09. The molecule has 1 aliphatic heterocycles. The first-order chi connectivity index (χ1) is 10.6. The monoisotopic (exact) mass is 319 g/mol. The van der Waals surface area contributed by atoms with Crippen LogP contribution in [0.25, 0.3) is 0 Å². The lowest BCUT2D eigenvalue weighted by molar-refractivity contribution is 0.0966. The van der Waals surface area contributed by atoms with E-state index >= 15 is 0 Å². The summed E-state index contributed by atoms with van der Waals surface area (Å²) in [5.74, 6) is 0.470. The molecule has 8 heteroatoms. The maximum Gasteiger partial charge on any atom is 0.326 e. The molecular formula is C14H10ClN3O4. The minimum atomic E-state index is -0.676. The molecule has 0 radical (unpaired) electrons. The molecule has 0 spiro atoms. The number of hydrogen-bond acceptors (Lipinski definition) is 5. The SMILES string of the molecule is O=C(NC(=O)c1ccc2c(c1)OCO2)Nc1ccnc(Cl)c1. The predicted molar refractivity (Wildman–Crippen MR) is 78.3 cm³/mol. The van der Waals surface area contributed by atoms with Gasteiger partial charge in [0.2, 0.25) is 6.79 Å². The smallest absolute Gasteiger partial charge is 0.326 e. The zero-order valence-electron chi connectivity index (χ0n) is 11.1. The summed E-state index contributed by atoms with van der Waals surface area (Å²) in [5.41, 5.74) is 0.711. The second-order valence-corrected chi connectivity index (χ2v) is 4.73. The van der Waals surface area contributed by atoms with Crippen LogP contribution < -0.4 is 20.1 Å². The molecule has 3 rings (SSSR count). The van der Waals surface area contributed by atoms with Crippen molar-refractivity contribution in [3.8, 4) is 11.5 Å². The van der Waals surface area contributed by atoms with Gasteiger partial charge in [-0.1, -0.05) is 11.6 Å². The van der Waals surface area contributed by atoms with Crippen molar-refractivity contribution in [3.63, 3.8) is 0 Å². The van der Waals surface area contributed by atoms with E-state index in [4.69, 9.17) is 21.1 Å². The normalized spacial score (nSPS) is 11.9. The number of aromatic nitrogens is 1. The highest BCUT2D eigenvalue weighted by molar-refractivity contribution is 6.29. The van der Waals surface area contributed by atoms with Crippen molar-refractivity contribution < 1.29 is 19.1 Å². The zero-order valence-corrected chi connectivity index (χ0v) is 11.9. The van der Waals surface area contributed by atoms with Gasteiger partial charge in [0.1, 0.15) is 5.15 Å². The van der Waals surface area contributed by atoms with E-state index in [0.29, 0.717) is 17.2 Å². The largest absolute Gasteiger partial charge is 0.454 e. The van der Waals surface area contributed by atoms with Gasteiger partial charge in [-0.25, -0.2) is 9.78 Å². The molecule has 7 nitrogen and oxygen atoms in total. The number of carbonyl (C=O) groups excluding carboxylic acids is 2. The molecule has 2 N–H and O–H groups in total. The van der Waals surface area contributed by atoms with Crippen LogP contribution in [0.2, 0.25) is 5.15 Å². The van der Waals surface area contributed by atoms with Gasteiger partial charge in [-0.2, -0.15) is 0 Å². The van der Waals surface area contributed by atoms with Gasteiger partial charge in [-0.15, -0.1) is 0 Å². The third-order valence-corrected chi connectivity index (χ3v) is 3.05. The number of pyridine rings is 1. The van der Waals surface area contributed by atoms with Crippen LogP contribution >= 0.6 is 11.6 Å². The number of urea groups is 1. The number of halogens is 1. The van der Waals surface area contributed by atoms with Gasteiger partial charge in [0.25, 0.3) is 5.91 Å². The van der Waals surface area contributed by atoms with Gasteiger partial charge >= 0.3 is 6.03 Å². The molecule has 0 saturated carbocycles. The van der Waals surface area contributed by atoms with Crippen molar-refractivity contribution in [3.05, 3.63) is 47.2 Å². The molecule has 0 saturated heterocycles. The Kier molecular flexibility index (Phi) is 3.80. The molecule has 0 aliphatic carbocycles. The van der Waals surface area contributed by atoms with E-state index in [-0.39, 0.29) is 17.5 Å². The van der Waals surface area contributed by atoms with Crippen LogP contribution in [0.1, 0.15) is 10.4 Å². The summed E-state index contributed by atoms with van der Waals surface area (Å²) in [7, 11) is 0. The first kappa shape index (κ1) is 14.2. The number of hydrogen-bond donors (Lipinski definition) is 2. The quantitative estimate of drug-likeness (QED) is 0.830. The number of imide groups is 1. The highest BCUT2D eigenvalue weighted by Gasteiger charge is 2.17. The standard InChI is InChI=1S/C14H10ClN3O4/c15-12-6-9(3-4-16-12)17-14(20)18-13(19)8-1-2-10-11(5-8)22-7-21-10/h1-6H,7H2,(H2,16,17,18,19,20). The average molecular weight is 320 g/mol. The fourth-order valence-corrected chi connectivity index (χ4v) is 2.03. The van der Waals surface area contributed by atoms with Crippen LogP contribution in [0.4, 0.5) is 10.5 Å². The van der Waals surface area contributed by atoms with Crippen LogP contribution in [0.3, 0.4) is 0 Å². The predicted octanol–water partition coefficient (Wildman–Crippen LogP) is 2.43. The number of rotatable bonds is 2. The summed E-state index contributed by atoms with van der Waals surface area (Å²) in [6.45, 7) is 0.115. The second-order valence-electron chi connectivity index (χ2n) is 4.34. The lowest BCUT2D eigenvalue weighted by atomic mass is 10.2. The first-order valence-electron chi connectivity index (χ1n) is 6.25. The highest BCUT2D eigenvalue weighted by atomic mass is 35.5. The van der Waals surface area contributed by atoms with Gasteiger partial charge in [-0.3, -0.25) is 10.1 Å². The number of nitrogens with zero attached hydrogens (tertiary/aromatic N) is 1. The molecule has 22 heavy (non-hydrogen) atoms. The van der Waals surface area contributed by atoms with E-state index in [1.165, 1.54) is 18.3 Å². The maximum atomic E-state index is 12.0. The van der Waals surface area contributed by atoms with Crippen molar-refractivity contribution in [2.45, 2.75) is 0 Å². The Hall–Kier alpha value is -2.80. The molecule has 2 heterocycles. The Morgan fingerprint density at radius 1 is 1.14 bits per heavy atom. The van der Waals surface area contributed by atoms with Crippen molar-refractivity contribution in [2.75, 3.05) is 12.1 Å². The lowest BCUT2D eigenvalue weighted by Gasteiger charge is -2.07. The Labute approximate surface area is 130 Å². The molecule has 0 atom stereocenters. The number of carbonyl (C=O) groups is 2. The van der Waals surface area contributed by atoms with Gasteiger partial charge in [0.15, 0.2) is 11.5 Å². The topological polar surface area (TPSA) is 89.6 Å². The van der Waals surface area contributed by atoms with Crippen molar-refractivity contribution in [1.82, 2.24) is 10.3 Å². The van der Waals surface area contributed by atoms with Gasteiger partial charge in [0, 0.05) is 17.4 Å². The van der Waals surface area contributed by atoms with E-state index in [1.807, 2.05) is 0 Å². The number of anilines is 1. The molecule has 1 aromatic heterocycles. The minimum absolute atomic E-state index is 0.115. The summed E-state index contributed by atoms with van der Waals surface area (Å²) >= 11 is 5.71. The van der Waals surface area contributed by atoms with E-state index < -0.39 is 11.9 Å². The minimum Gasteiger partial charge on any atom is -0.454 e. The molecule has 1 aliphatic rings. The molecule has 0 unspecified atom stereocenters. The Morgan fingerprint density at radius 3 is 2.77 bits per heavy atom. The summed E-state index contributed by atoms with van der Waals surface area (Å²) in [5, 5.41) is 4.93. The Morgan fingerprint density at radius 2 is 1.95 bits per heavy atom. The number of nitrogens with one attached hydrogen (secondary N) is 2. The van der Waals surface area contributed by atoms with Crippen LogP contribution in [0.15, 0.2) is 36.5 Å². The molecule has 2 aromatic rings. The van der Waals surface area contributed by atoms with Gasteiger partial charge in [-0.05, 0) is 30.3 Å². The molecule has 3 amide bonds. The van der Waals surface area contributed by atoms with Crippen LogP contribution in [0, 0.1) is 0 Å². The Balaban J connectivity index is 1.65. The average Bonchev–Trinajstić information content (AvgIpc) is 2.94. The van der Waals surface area contributed by atoms with Crippen LogP contribution in [-0.2, 0) is 0 Å². The molecular weight excluding hydrogens is 310 g/mol. The highest BCUT2D eigenvalue weighted by Crippen LogP contribution is 2.32. The van der Waals surface area contributed by atoms with Gasteiger partial charge in [0.05, 0.1) is 0 Å². The number of ether oxygens (including phenoxy) is 2. The molecule has 1 aromatic carbocycles. The third-order valence-electron chi connectivity index (χ3n) is 2.85. The summed E-state index contributed by atoms with van der Waals surface area (Å²) in [4.78, 5) is 27.6. The molecule has 0 bridgehead atoms. The summed E-state index contributed by atoms with van der Waals surface area (Å²) in [6.07, 6.45) is 1.44. The van der Waals surface area contributed by atoms with Crippen molar-refractivity contribution in [1.29, 1.82) is 0 Å². The molecule has 112 valence electrons. The van der Waals surface area contributed by atoms with Crippen molar-refractivity contribution >= 4 is 29.2 Å². The Bertz CT molecular complexity index is 751. The van der Waals surface area contributed by atoms with Crippen LogP contribution in [-0.4, -0.2) is 23.7 Å². The van der Waals surface area contributed by atoms with E-state index in [0.717, 1.165) is 0 Å². The maximum absolute atomic E-state index is 12.0. The first-order valence-corrected chi connectivity index (χ1v) is 6.63. The van der Waals surface area contributed by atoms with E-state index in [1.54, 1.807) is 18.2 Å². The van der Waals surface area contributed by atoms with E-state index in [9.17, 15) is 9.59 Å². The molecule has 0 fully saturated rings. The number of fused-ring (bicyclic) bond motifs is 1. The van der Waals surface area contributed by atoms with E-state index in [2.05, 4.69) is 15.6 Å². The van der Waals surface area contributed by atoms with Crippen LogP contribution in [0.5, 0.6) is 11.5 Å². The van der Waals surface area contributed by atoms with Gasteiger partial charge < -0.3 is 14.8 Å². The fraction of sp³-hybridized carbons (Fsp3) is 0.0714. The zero-order chi connectivity index (χ0) is 15.5. The number of benzene rings is 1.